The minimum Gasteiger partial charge on any atom is -0.378 e. The number of hydrogen-bond acceptors (Lipinski definition) is 5. The molecule has 33 heavy (non-hydrogen) atoms. The second-order valence-corrected chi connectivity index (χ2v) is 10.1. The van der Waals surface area contributed by atoms with Crippen LogP contribution in [0.15, 0.2) is 42.6 Å². The number of pyridine rings is 1. The molecule has 3 fully saturated rings. The van der Waals surface area contributed by atoms with Crippen LogP contribution in [0.5, 0.6) is 0 Å². The highest BCUT2D eigenvalue weighted by molar-refractivity contribution is 5.56. The molecular weight excluding hydrogens is 417 g/mol. The van der Waals surface area contributed by atoms with Crippen LogP contribution in [0, 0.1) is 5.82 Å². The summed E-state index contributed by atoms with van der Waals surface area (Å²) in [5.74, 6) is -0.142. The Morgan fingerprint density at radius 1 is 1.15 bits per heavy atom. The van der Waals surface area contributed by atoms with Crippen LogP contribution in [-0.2, 0) is 21.4 Å². The summed E-state index contributed by atoms with van der Waals surface area (Å²) in [6.07, 6.45) is 9.99. The number of methoxy groups -OCH3 is 1. The normalized spacial score (nSPS) is 24.8. The first-order valence-corrected chi connectivity index (χ1v) is 12.4. The van der Waals surface area contributed by atoms with Crippen LogP contribution >= 0.6 is 0 Å². The van der Waals surface area contributed by atoms with Gasteiger partial charge in [-0.25, -0.2) is 4.39 Å². The van der Waals surface area contributed by atoms with Crippen molar-refractivity contribution in [3.05, 3.63) is 59.7 Å². The molecule has 1 aliphatic carbocycles. The number of halogens is 1. The molecule has 178 valence electrons. The minimum absolute atomic E-state index is 0.0120. The van der Waals surface area contributed by atoms with E-state index in [-0.39, 0.29) is 22.9 Å². The Labute approximate surface area is 196 Å². The lowest BCUT2D eigenvalue weighted by atomic mass is 9.68. The van der Waals surface area contributed by atoms with E-state index >= 15 is 0 Å². The fourth-order valence-corrected chi connectivity index (χ4v) is 6.14. The Morgan fingerprint density at radius 3 is 2.76 bits per heavy atom. The van der Waals surface area contributed by atoms with Crippen LogP contribution in [0.2, 0.25) is 0 Å². The van der Waals surface area contributed by atoms with Gasteiger partial charge >= 0.3 is 0 Å². The van der Waals surface area contributed by atoms with Gasteiger partial charge in [-0.3, -0.25) is 4.98 Å². The molecule has 3 aliphatic rings. The van der Waals surface area contributed by atoms with Gasteiger partial charge in [0.05, 0.1) is 11.7 Å². The molecule has 3 heterocycles. The molecule has 1 unspecified atom stereocenters. The van der Waals surface area contributed by atoms with E-state index in [1.807, 2.05) is 18.3 Å². The Hall–Kier alpha value is -2.02. The molecule has 6 heteroatoms. The summed E-state index contributed by atoms with van der Waals surface area (Å²) in [6, 6.07) is 11.6. The molecule has 0 radical (unpaired) electrons. The average molecular weight is 454 g/mol. The lowest BCUT2D eigenvalue weighted by molar-refractivity contribution is -0.104. The van der Waals surface area contributed by atoms with Crippen molar-refractivity contribution in [2.75, 3.05) is 38.3 Å². The van der Waals surface area contributed by atoms with Crippen molar-refractivity contribution in [3.63, 3.8) is 0 Å². The van der Waals surface area contributed by atoms with E-state index in [1.54, 1.807) is 19.2 Å². The van der Waals surface area contributed by atoms with Crippen molar-refractivity contribution < 1.29 is 13.9 Å². The first-order chi connectivity index (χ1) is 16.1. The number of benzene rings is 1. The lowest BCUT2D eigenvalue weighted by Gasteiger charge is -2.46. The van der Waals surface area contributed by atoms with E-state index in [0.29, 0.717) is 6.54 Å². The number of ether oxygens (including phenoxy) is 2. The van der Waals surface area contributed by atoms with Crippen LogP contribution < -0.4 is 10.2 Å². The van der Waals surface area contributed by atoms with E-state index in [2.05, 4.69) is 22.3 Å². The molecule has 2 aliphatic heterocycles. The average Bonchev–Trinajstić information content (AvgIpc) is 3.25. The van der Waals surface area contributed by atoms with Crippen LogP contribution in [-0.4, -0.2) is 50.0 Å². The second kappa shape index (κ2) is 9.69. The molecule has 1 aromatic heterocycles. The molecule has 2 saturated heterocycles. The maximum absolute atomic E-state index is 14.7. The summed E-state index contributed by atoms with van der Waals surface area (Å²) in [5.41, 5.74) is 2.94. The van der Waals surface area contributed by atoms with Crippen molar-refractivity contribution in [2.24, 2.45) is 0 Å². The van der Waals surface area contributed by atoms with Gasteiger partial charge in [0.15, 0.2) is 0 Å². The van der Waals surface area contributed by atoms with Crippen LogP contribution in [0.25, 0.3) is 0 Å². The Balaban J connectivity index is 1.27. The molecule has 0 bridgehead atoms. The van der Waals surface area contributed by atoms with Gasteiger partial charge in [-0.05, 0) is 62.9 Å². The summed E-state index contributed by atoms with van der Waals surface area (Å²) in [5, 5.41) is 3.57. The maximum atomic E-state index is 14.7. The van der Waals surface area contributed by atoms with Crippen LogP contribution in [0.3, 0.4) is 0 Å². The fraction of sp³-hybridized carbons (Fsp3) is 0.593. The molecule has 5 rings (SSSR count). The molecule has 5 nitrogen and oxygen atoms in total. The third-order valence-electron chi connectivity index (χ3n) is 8.07. The SMILES string of the molecule is COC1CN(c2cccc(F)c2CNCCC2(c3ccccn3)CCOC3(CCCC3)C2)C1. The van der Waals surface area contributed by atoms with E-state index < -0.39 is 0 Å². The van der Waals surface area contributed by atoms with E-state index in [9.17, 15) is 4.39 Å². The fourth-order valence-electron chi connectivity index (χ4n) is 6.14. The minimum atomic E-state index is -0.142. The Morgan fingerprint density at radius 2 is 2.00 bits per heavy atom. The van der Waals surface area contributed by atoms with Crippen LogP contribution in [0.4, 0.5) is 10.1 Å². The monoisotopic (exact) mass is 453 g/mol. The summed E-state index contributed by atoms with van der Waals surface area (Å²) in [6.45, 7) is 3.77. The predicted molar refractivity (Wildman–Crippen MR) is 128 cm³/mol. The molecule has 1 aromatic carbocycles. The summed E-state index contributed by atoms with van der Waals surface area (Å²) < 4.78 is 26.5. The topological polar surface area (TPSA) is 46.6 Å². The van der Waals surface area contributed by atoms with Crippen molar-refractivity contribution in [3.8, 4) is 0 Å². The molecule has 1 N–H and O–H groups in total. The molecular formula is C27H36FN3O2. The zero-order valence-electron chi connectivity index (χ0n) is 19.7. The molecule has 1 spiro atoms. The van der Waals surface area contributed by atoms with E-state index in [1.165, 1.54) is 18.5 Å². The van der Waals surface area contributed by atoms with Gasteiger partial charge in [-0.15, -0.1) is 0 Å². The van der Waals surface area contributed by atoms with Gasteiger partial charge in [0, 0.05) is 61.9 Å². The number of aromatic nitrogens is 1. The third kappa shape index (κ3) is 4.66. The number of nitrogens with one attached hydrogen (secondary N) is 1. The van der Waals surface area contributed by atoms with Gasteiger partial charge in [0.25, 0.3) is 0 Å². The third-order valence-corrected chi connectivity index (χ3v) is 8.07. The standard InChI is InChI=1S/C27H36FN3O2/c1-32-21-18-31(19-21)24-8-6-7-23(28)22(24)17-29-15-12-26(25-9-2-5-14-30-25)13-16-33-27(20-26)10-3-4-11-27/h2,5-9,14,21,29H,3-4,10-13,15-20H2,1H3. The highest BCUT2D eigenvalue weighted by atomic mass is 19.1. The maximum Gasteiger partial charge on any atom is 0.129 e. The largest absolute Gasteiger partial charge is 0.378 e. The number of hydrogen-bond donors (Lipinski definition) is 1. The van der Waals surface area contributed by atoms with Crippen molar-refractivity contribution in [2.45, 2.75) is 68.6 Å². The molecule has 0 amide bonds. The quantitative estimate of drug-likeness (QED) is 0.592. The first-order valence-electron chi connectivity index (χ1n) is 12.4. The Bertz CT molecular complexity index is 928. The van der Waals surface area contributed by atoms with Crippen molar-refractivity contribution in [1.29, 1.82) is 0 Å². The van der Waals surface area contributed by atoms with Gasteiger partial charge in [0.1, 0.15) is 5.82 Å². The smallest absolute Gasteiger partial charge is 0.129 e. The summed E-state index contributed by atoms with van der Waals surface area (Å²) >= 11 is 0. The van der Waals surface area contributed by atoms with Gasteiger partial charge in [-0.1, -0.05) is 25.0 Å². The first kappa shape index (κ1) is 22.8. The molecule has 2 aromatic rings. The van der Waals surface area contributed by atoms with Gasteiger partial charge < -0.3 is 19.7 Å². The lowest BCUT2D eigenvalue weighted by Crippen LogP contribution is -2.52. The molecule has 1 saturated carbocycles. The summed E-state index contributed by atoms with van der Waals surface area (Å²) in [4.78, 5) is 6.99. The van der Waals surface area contributed by atoms with Crippen LogP contribution in [0.1, 0.15) is 56.2 Å². The highest BCUT2D eigenvalue weighted by Gasteiger charge is 2.48. The van der Waals surface area contributed by atoms with Crippen molar-refractivity contribution >= 4 is 5.69 Å². The summed E-state index contributed by atoms with van der Waals surface area (Å²) in [7, 11) is 1.74. The predicted octanol–water partition coefficient (Wildman–Crippen LogP) is 4.60. The second-order valence-electron chi connectivity index (χ2n) is 10.1. The van der Waals surface area contributed by atoms with E-state index in [0.717, 1.165) is 69.6 Å². The highest BCUT2D eigenvalue weighted by Crippen LogP contribution is 2.49. The van der Waals surface area contributed by atoms with Crippen molar-refractivity contribution in [1.82, 2.24) is 10.3 Å². The number of rotatable bonds is 8. The molecule has 1 atom stereocenters. The number of anilines is 1. The number of nitrogens with zero attached hydrogens (tertiary/aromatic N) is 2. The zero-order chi connectivity index (χ0) is 22.7. The Kier molecular flexibility index (Phi) is 6.68. The zero-order valence-corrected chi connectivity index (χ0v) is 19.7. The van der Waals surface area contributed by atoms with Gasteiger partial charge in [-0.2, -0.15) is 0 Å². The van der Waals surface area contributed by atoms with Gasteiger partial charge in [0.2, 0.25) is 0 Å². The van der Waals surface area contributed by atoms with E-state index in [4.69, 9.17) is 14.5 Å².